The SMILES string of the molecule is CCC1CN(C(=S)NC(C)COC)CCS1. The quantitative estimate of drug-likeness (QED) is 0.778. The van der Waals surface area contributed by atoms with E-state index in [4.69, 9.17) is 17.0 Å². The van der Waals surface area contributed by atoms with Crippen molar-refractivity contribution in [2.45, 2.75) is 31.6 Å². The molecule has 0 amide bonds. The minimum atomic E-state index is 0.284. The van der Waals surface area contributed by atoms with Crippen LogP contribution in [-0.4, -0.2) is 53.9 Å². The summed E-state index contributed by atoms with van der Waals surface area (Å²) in [6.07, 6.45) is 1.22. The van der Waals surface area contributed by atoms with Gasteiger partial charge in [0.05, 0.1) is 6.61 Å². The van der Waals surface area contributed by atoms with Gasteiger partial charge >= 0.3 is 0 Å². The second kappa shape index (κ2) is 7.35. The van der Waals surface area contributed by atoms with Crippen LogP contribution in [0.2, 0.25) is 0 Å². The van der Waals surface area contributed by atoms with Gasteiger partial charge in [0.25, 0.3) is 0 Å². The Kier molecular flexibility index (Phi) is 6.46. The highest BCUT2D eigenvalue weighted by molar-refractivity contribution is 8.00. The zero-order valence-corrected chi connectivity index (χ0v) is 12.0. The van der Waals surface area contributed by atoms with E-state index in [9.17, 15) is 0 Å². The van der Waals surface area contributed by atoms with Crippen LogP contribution in [0.1, 0.15) is 20.3 Å². The summed E-state index contributed by atoms with van der Waals surface area (Å²) in [7, 11) is 1.71. The number of methoxy groups -OCH3 is 1. The van der Waals surface area contributed by atoms with E-state index in [1.807, 2.05) is 0 Å². The summed E-state index contributed by atoms with van der Waals surface area (Å²) in [5, 5.41) is 4.92. The number of rotatable bonds is 4. The molecule has 0 saturated carbocycles. The average molecular weight is 262 g/mol. The Hall–Kier alpha value is -0.0000000000000000555. The van der Waals surface area contributed by atoms with Gasteiger partial charge in [0, 0.05) is 37.2 Å². The van der Waals surface area contributed by atoms with E-state index in [0.717, 1.165) is 23.5 Å². The smallest absolute Gasteiger partial charge is 0.169 e. The molecule has 1 saturated heterocycles. The number of hydrogen-bond acceptors (Lipinski definition) is 3. The van der Waals surface area contributed by atoms with E-state index in [-0.39, 0.29) is 6.04 Å². The molecule has 2 unspecified atom stereocenters. The zero-order chi connectivity index (χ0) is 12.0. The molecular weight excluding hydrogens is 240 g/mol. The van der Waals surface area contributed by atoms with Gasteiger partial charge in [-0.3, -0.25) is 0 Å². The van der Waals surface area contributed by atoms with Crippen LogP contribution in [0.3, 0.4) is 0 Å². The maximum Gasteiger partial charge on any atom is 0.169 e. The molecule has 0 aromatic heterocycles. The molecule has 2 atom stereocenters. The van der Waals surface area contributed by atoms with Gasteiger partial charge in [0.15, 0.2) is 5.11 Å². The minimum Gasteiger partial charge on any atom is -0.383 e. The molecule has 1 fully saturated rings. The lowest BCUT2D eigenvalue weighted by Gasteiger charge is -2.34. The van der Waals surface area contributed by atoms with Crippen molar-refractivity contribution < 1.29 is 4.74 Å². The van der Waals surface area contributed by atoms with Gasteiger partial charge in [-0.15, -0.1) is 0 Å². The Labute approximate surface area is 108 Å². The molecule has 94 valence electrons. The summed E-state index contributed by atoms with van der Waals surface area (Å²) >= 11 is 7.47. The van der Waals surface area contributed by atoms with Crippen LogP contribution in [-0.2, 0) is 4.74 Å². The molecule has 1 aliphatic rings. The van der Waals surface area contributed by atoms with Crippen molar-refractivity contribution in [3.8, 4) is 0 Å². The fraction of sp³-hybridized carbons (Fsp3) is 0.909. The Morgan fingerprint density at radius 1 is 1.69 bits per heavy atom. The topological polar surface area (TPSA) is 24.5 Å². The second-order valence-electron chi connectivity index (χ2n) is 4.15. The van der Waals surface area contributed by atoms with Crippen LogP contribution < -0.4 is 5.32 Å². The molecule has 5 heteroatoms. The Morgan fingerprint density at radius 3 is 3.06 bits per heavy atom. The summed E-state index contributed by atoms with van der Waals surface area (Å²) in [6, 6.07) is 0.284. The first-order valence-electron chi connectivity index (χ1n) is 5.83. The molecule has 0 aromatic rings. The number of ether oxygens (including phenoxy) is 1. The first kappa shape index (κ1) is 14.1. The lowest BCUT2D eigenvalue weighted by molar-refractivity contribution is 0.178. The first-order chi connectivity index (χ1) is 7.67. The average Bonchev–Trinajstić information content (AvgIpc) is 2.29. The lowest BCUT2D eigenvalue weighted by Crippen LogP contribution is -2.49. The molecule has 3 nitrogen and oxygen atoms in total. The normalized spacial score (nSPS) is 22.9. The monoisotopic (exact) mass is 262 g/mol. The largest absolute Gasteiger partial charge is 0.383 e. The number of nitrogens with zero attached hydrogens (tertiary/aromatic N) is 1. The van der Waals surface area contributed by atoms with E-state index < -0.39 is 0 Å². The summed E-state index contributed by atoms with van der Waals surface area (Å²) in [4.78, 5) is 2.28. The van der Waals surface area contributed by atoms with Gasteiger partial charge < -0.3 is 15.0 Å². The van der Waals surface area contributed by atoms with Gasteiger partial charge in [-0.25, -0.2) is 0 Å². The van der Waals surface area contributed by atoms with E-state index >= 15 is 0 Å². The van der Waals surface area contributed by atoms with Crippen LogP contribution in [0.5, 0.6) is 0 Å². The number of hydrogen-bond donors (Lipinski definition) is 1. The van der Waals surface area contributed by atoms with Crippen molar-refractivity contribution in [1.82, 2.24) is 10.2 Å². The van der Waals surface area contributed by atoms with Crippen LogP contribution in [0.4, 0.5) is 0 Å². The standard InChI is InChI=1S/C11H22N2OS2/c1-4-10-7-13(5-6-16-10)11(15)12-9(2)8-14-3/h9-10H,4-8H2,1-3H3,(H,12,15). The van der Waals surface area contributed by atoms with Crippen molar-refractivity contribution in [3.63, 3.8) is 0 Å². The molecule has 0 aliphatic carbocycles. The van der Waals surface area contributed by atoms with Crippen molar-refractivity contribution in [3.05, 3.63) is 0 Å². The zero-order valence-electron chi connectivity index (χ0n) is 10.4. The first-order valence-corrected chi connectivity index (χ1v) is 7.29. The van der Waals surface area contributed by atoms with Crippen LogP contribution in [0, 0.1) is 0 Å². The molecule has 1 aliphatic heterocycles. The summed E-state index contributed by atoms with van der Waals surface area (Å²) in [6.45, 7) is 7.16. The fourth-order valence-electron chi connectivity index (χ4n) is 1.74. The van der Waals surface area contributed by atoms with Gasteiger partial charge in [-0.2, -0.15) is 11.8 Å². The molecule has 1 N–H and O–H groups in total. The maximum absolute atomic E-state index is 5.42. The van der Waals surface area contributed by atoms with E-state index in [2.05, 4.69) is 35.8 Å². The van der Waals surface area contributed by atoms with E-state index in [1.54, 1.807) is 7.11 Å². The van der Waals surface area contributed by atoms with Crippen LogP contribution in [0.25, 0.3) is 0 Å². The fourth-order valence-corrected chi connectivity index (χ4v) is 3.29. The third kappa shape index (κ3) is 4.47. The van der Waals surface area contributed by atoms with Gasteiger partial charge in [-0.1, -0.05) is 6.92 Å². The summed E-state index contributed by atoms with van der Waals surface area (Å²) in [5.41, 5.74) is 0. The molecule has 16 heavy (non-hydrogen) atoms. The molecule has 0 radical (unpaired) electrons. The number of thioether (sulfide) groups is 1. The van der Waals surface area contributed by atoms with Gasteiger partial charge in [-0.05, 0) is 25.6 Å². The predicted molar refractivity (Wildman–Crippen MR) is 75.2 cm³/mol. The molecule has 0 spiro atoms. The van der Waals surface area contributed by atoms with Crippen molar-refractivity contribution in [2.75, 3.05) is 32.6 Å². The highest BCUT2D eigenvalue weighted by atomic mass is 32.2. The van der Waals surface area contributed by atoms with Crippen molar-refractivity contribution in [2.24, 2.45) is 0 Å². The molecule has 0 bridgehead atoms. The highest BCUT2D eigenvalue weighted by Crippen LogP contribution is 2.21. The minimum absolute atomic E-state index is 0.284. The molecule has 1 heterocycles. The van der Waals surface area contributed by atoms with Crippen LogP contribution >= 0.6 is 24.0 Å². The Morgan fingerprint density at radius 2 is 2.44 bits per heavy atom. The summed E-state index contributed by atoms with van der Waals surface area (Å²) < 4.78 is 5.09. The summed E-state index contributed by atoms with van der Waals surface area (Å²) in [5.74, 6) is 1.18. The third-order valence-electron chi connectivity index (χ3n) is 2.67. The molecule has 1 rings (SSSR count). The predicted octanol–water partition coefficient (Wildman–Crippen LogP) is 1.72. The Bertz CT molecular complexity index is 226. The van der Waals surface area contributed by atoms with Crippen molar-refractivity contribution >= 4 is 29.1 Å². The lowest BCUT2D eigenvalue weighted by atomic mass is 10.3. The molecular formula is C11H22N2OS2. The number of thiocarbonyl (C=S) groups is 1. The van der Waals surface area contributed by atoms with Gasteiger partial charge in [0.2, 0.25) is 0 Å². The Balaban J connectivity index is 2.35. The maximum atomic E-state index is 5.42. The van der Waals surface area contributed by atoms with Crippen LogP contribution in [0.15, 0.2) is 0 Å². The second-order valence-corrected chi connectivity index (χ2v) is 5.95. The van der Waals surface area contributed by atoms with Gasteiger partial charge in [0.1, 0.15) is 0 Å². The van der Waals surface area contributed by atoms with E-state index in [1.165, 1.54) is 12.2 Å². The highest BCUT2D eigenvalue weighted by Gasteiger charge is 2.21. The van der Waals surface area contributed by atoms with Crippen molar-refractivity contribution in [1.29, 1.82) is 0 Å². The molecule has 0 aromatic carbocycles. The number of nitrogens with one attached hydrogen (secondary N) is 1. The van der Waals surface area contributed by atoms with E-state index in [0.29, 0.717) is 6.61 Å². The third-order valence-corrected chi connectivity index (χ3v) is 4.42.